The van der Waals surface area contributed by atoms with Gasteiger partial charge in [0.1, 0.15) is 6.61 Å². The third-order valence-corrected chi connectivity index (χ3v) is 10.5. The van der Waals surface area contributed by atoms with E-state index < -0.39 is 18.1 Å². The molecule has 0 fully saturated rings. The Morgan fingerprint density at radius 2 is 0.931 bits per heavy atom. The Hall–Kier alpha value is -2.71. The van der Waals surface area contributed by atoms with Gasteiger partial charge in [0.2, 0.25) is 0 Å². The zero-order chi connectivity index (χ0) is 42.8. The van der Waals surface area contributed by atoms with Crippen molar-refractivity contribution in [2.75, 3.05) is 41.0 Å². The highest BCUT2D eigenvalue weighted by atomic mass is 16.6. The number of esters is 2. The predicted octanol–water partition coefficient (Wildman–Crippen LogP) is 13.2. The first kappa shape index (κ1) is 55.3. The second-order valence-corrected chi connectivity index (χ2v) is 17.0. The molecule has 0 radical (unpaired) electrons. The number of aliphatic carboxylic acids is 1. The number of carboxylic acid groups (broad SMARTS) is 1. The Kier molecular flexibility index (Phi) is 39.1. The van der Waals surface area contributed by atoms with Crippen LogP contribution in [-0.2, 0) is 28.6 Å². The molecule has 0 rings (SSSR count). The monoisotopic (exact) mass is 817 g/mol. The largest absolute Gasteiger partial charge is 0.477 e. The summed E-state index contributed by atoms with van der Waals surface area (Å²) in [6.07, 6.45) is 48.7. The fourth-order valence-corrected chi connectivity index (χ4v) is 6.79. The average Bonchev–Trinajstić information content (AvgIpc) is 3.18. The number of allylic oxidation sites excluding steroid dienone is 8. The van der Waals surface area contributed by atoms with Gasteiger partial charge in [0.25, 0.3) is 0 Å². The highest BCUT2D eigenvalue weighted by Gasteiger charge is 2.31. The molecule has 8 heteroatoms. The van der Waals surface area contributed by atoms with Crippen molar-refractivity contribution in [2.45, 2.75) is 212 Å². The maximum Gasteiger partial charge on any atom is 0.362 e. The van der Waals surface area contributed by atoms with E-state index in [4.69, 9.17) is 14.2 Å². The quantitative estimate of drug-likeness (QED) is 0.0283. The fourth-order valence-electron chi connectivity index (χ4n) is 6.79. The molecular weight excluding hydrogens is 727 g/mol. The molecule has 2 unspecified atom stereocenters. The summed E-state index contributed by atoms with van der Waals surface area (Å²) in [6.45, 7) is 4.67. The molecule has 0 saturated heterocycles. The van der Waals surface area contributed by atoms with Crippen molar-refractivity contribution in [3.05, 3.63) is 48.6 Å². The van der Waals surface area contributed by atoms with Crippen LogP contribution in [0.5, 0.6) is 0 Å². The molecule has 0 bridgehead atoms. The number of carbonyl (C=O) groups is 3. The van der Waals surface area contributed by atoms with E-state index in [1.807, 2.05) is 21.1 Å². The van der Waals surface area contributed by atoms with Crippen LogP contribution in [0.3, 0.4) is 0 Å². The van der Waals surface area contributed by atoms with Gasteiger partial charge in [-0.1, -0.05) is 178 Å². The number of likely N-dealkylation sites (N-methyl/N-ethyl adjacent to an activating group) is 1. The molecular formula is C50H90NO7+. The molecule has 0 aliphatic carbocycles. The van der Waals surface area contributed by atoms with Crippen LogP contribution in [0.15, 0.2) is 48.6 Å². The standard InChI is InChI=1S/C50H89NO7/c1-6-8-10-12-14-16-18-20-22-24-26-28-30-32-34-36-38-40-48(52)57-45-46(44-56-43-42-47(50(54)55)51(3,4)5)58-49(53)41-39-37-35-33-31-29-27-25-23-21-19-17-15-13-11-9-7-2/h14,16,20,22,26,28,32,34,46-47H,6-13,15,17-19,21,23-25,27,29-31,33,35-45H2,1-5H3/p+1/b16-14+,22-20+,28-26+,34-32+. The van der Waals surface area contributed by atoms with E-state index in [1.165, 1.54) is 116 Å². The summed E-state index contributed by atoms with van der Waals surface area (Å²) in [7, 11) is 5.52. The first-order valence-corrected chi connectivity index (χ1v) is 23.7. The minimum absolute atomic E-state index is 0.0454. The topological polar surface area (TPSA) is 99.1 Å². The van der Waals surface area contributed by atoms with Gasteiger partial charge in [-0.05, 0) is 51.4 Å². The van der Waals surface area contributed by atoms with Crippen molar-refractivity contribution in [1.82, 2.24) is 0 Å². The van der Waals surface area contributed by atoms with Crippen LogP contribution in [0.25, 0.3) is 0 Å². The number of nitrogens with zero attached hydrogens (tertiary/aromatic N) is 1. The van der Waals surface area contributed by atoms with Crippen LogP contribution in [0.4, 0.5) is 0 Å². The Balaban J connectivity index is 4.38. The van der Waals surface area contributed by atoms with E-state index in [2.05, 4.69) is 62.5 Å². The number of hydrogen-bond acceptors (Lipinski definition) is 6. The Morgan fingerprint density at radius 3 is 1.40 bits per heavy atom. The lowest BCUT2D eigenvalue weighted by atomic mass is 10.0. The maximum absolute atomic E-state index is 12.7. The van der Waals surface area contributed by atoms with E-state index in [9.17, 15) is 19.5 Å². The molecule has 0 aromatic heterocycles. The van der Waals surface area contributed by atoms with Crippen LogP contribution in [0.2, 0.25) is 0 Å². The molecule has 0 saturated carbocycles. The molecule has 0 aromatic rings. The molecule has 58 heavy (non-hydrogen) atoms. The maximum atomic E-state index is 12.7. The zero-order valence-corrected chi connectivity index (χ0v) is 38.2. The zero-order valence-electron chi connectivity index (χ0n) is 38.2. The number of quaternary nitrogens is 1. The van der Waals surface area contributed by atoms with Crippen LogP contribution in [-0.4, -0.2) is 80.6 Å². The molecule has 1 N–H and O–H groups in total. The summed E-state index contributed by atoms with van der Waals surface area (Å²) in [5, 5.41) is 9.63. The van der Waals surface area contributed by atoms with Crippen LogP contribution in [0.1, 0.15) is 200 Å². The van der Waals surface area contributed by atoms with Gasteiger partial charge >= 0.3 is 17.9 Å². The van der Waals surface area contributed by atoms with Crippen molar-refractivity contribution in [2.24, 2.45) is 0 Å². The molecule has 8 nitrogen and oxygen atoms in total. The van der Waals surface area contributed by atoms with Crippen molar-refractivity contribution in [3.63, 3.8) is 0 Å². The van der Waals surface area contributed by atoms with Gasteiger partial charge in [0.05, 0.1) is 34.4 Å². The minimum atomic E-state index is -0.881. The van der Waals surface area contributed by atoms with E-state index in [-0.39, 0.29) is 42.7 Å². The van der Waals surface area contributed by atoms with Gasteiger partial charge in [-0.15, -0.1) is 0 Å². The lowest BCUT2D eigenvalue weighted by molar-refractivity contribution is -0.887. The highest BCUT2D eigenvalue weighted by Crippen LogP contribution is 2.15. The van der Waals surface area contributed by atoms with E-state index in [0.717, 1.165) is 44.9 Å². The van der Waals surface area contributed by atoms with Gasteiger partial charge in [-0.25, -0.2) is 4.79 Å². The molecule has 336 valence electrons. The Bertz CT molecular complexity index is 1090. The number of hydrogen-bond donors (Lipinski definition) is 1. The van der Waals surface area contributed by atoms with E-state index >= 15 is 0 Å². The fraction of sp³-hybridized carbons (Fsp3) is 0.780. The summed E-state index contributed by atoms with van der Waals surface area (Å²) in [6, 6.07) is -0.622. The lowest BCUT2D eigenvalue weighted by Crippen LogP contribution is -2.50. The number of ether oxygens (including phenoxy) is 3. The van der Waals surface area contributed by atoms with Gasteiger partial charge in [-0.2, -0.15) is 0 Å². The number of carboxylic acids is 1. The highest BCUT2D eigenvalue weighted by molar-refractivity contribution is 5.72. The second kappa shape index (κ2) is 41.0. The summed E-state index contributed by atoms with van der Waals surface area (Å²) in [4.78, 5) is 37.0. The van der Waals surface area contributed by atoms with Crippen molar-refractivity contribution in [1.29, 1.82) is 0 Å². The molecule has 0 aliphatic heterocycles. The lowest BCUT2D eigenvalue weighted by Gasteiger charge is -2.31. The molecule has 0 aliphatic rings. The predicted molar refractivity (Wildman–Crippen MR) is 243 cm³/mol. The smallest absolute Gasteiger partial charge is 0.362 e. The number of carbonyl (C=O) groups excluding carboxylic acids is 2. The van der Waals surface area contributed by atoms with Gasteiger partial charge in [0.15, 0.2) is 12.1 Å². The molecule has 2 atom stereocenters. The molecule has 0 spiro atoms. The normalized spacial score (nSPS) is 13.3. The summed E-state index contributed by atoms with van der Waals surface area (Å²) in [5.74, 6) is -1.53. The van der Waals surface area contributed by atoms with Gasteiger partial charge < -0.3 is 23.8 Å². The molecule has 0 amide bonds. The Labute approximate surface area is 356 Å². The first-order chi connectivity index (χ1) is 28.1. The molecule has 0 heterocycles. The van der Waals surface area contributed by atoms with E-state index in [1.54, 1.807) is 0 Å². The molecule has 0 aromatic carbocycles. The van der Waals surface area contributed by atoms with Gasteiger partial charge in [-0.3, -0.25) is 9.59 Å². The van der Waals surface area contributed by atoms with Crippen molar-refractivity contribution < 1.29 is 38.2 Å². The first-order valence-electron chi connectivity index (χ1n) is 23.7. The minimum Gasteiger partial charge on any atom is -0.477 e. The SMILES string of the molecule is CCCCC/C=C/C/C=C/C/C=C/C/C=C/CCCC(=O)OCC(COCCC(C(=O)O)[N+](C)(C)C)OC(=O)CCCCCCCCCCCCCCCCCCC. The third kappa shape index (κ3) is 38.8. The summed E-state index contributed by atoms with van der Waals surface area (Å²) >= 11 is 0. The number of unbranched alkanes of at least 4 members (excludes halogenated alkanes) is 20. The Morgan fingerprint density at radius 1 is 0.517 bits per heavy atom. The van der Waals surface area contributed by atoms with Crippen LogP contribution in [0, 0.1) is 0 Å². The second-order valence-electron chi connectivity index (χ2n) is 17.0. The third-order valence-electron chi connectivity index (χ3n) is 10.5. The van der Waals surface area contributed by atoms with E-state index in [0.29, 0.717) is 19.3 Å². The van der Waals surface area contributed by atoms with Crippen LogP contribution < -0.4 is 0 Å². The van der Waals surface area contributed by atoms with Crippen molar-refractivity contribution >= 4 is 17.9 Å². The summed E-state index contributed by atoms with van der Waals surface area (Å²) < 4.78 is 17.3. The van der Waals surface area contributed by atoms with Crippen LogP contribution >= 0.6 is 0 Å². The average molecular weight is 817 g/mol. The van der Waals surface area contributed by atoms with Gasteiger partial charge in [0, 0.05) is 19.3 Å². The van der Waals surface area contributed by atoms with Crippen molar-refractivity contribution in [3.8, 4) is 0 Å². The summed E-state index contributed by atoms with van der Waals surface area (Å²) in [5.41, 5.74) is 0. The number of rotatable bonds is 42.